The van der Waals surface area contributed by atoms with Gasteiger partial charge >= 0.3 is 5.97 Å². The number of nitrogens with two attached hydrogens (primary N) is 1. The Bertz CT molecular complexity index is 487. The molecular formula is C15H24N4O2. The van der Waals surface area contributed by atoms with Crippen LogP contribution in [0.15, 0.2) is 12.3 Å². The van der Waals surface area contributed by atoms with Gasteiger partial charge in [0, 0.05) is 12.6 Å². The second kappa shape index (κ2) is 7.26. The van der Waals surface area contributed by atoms with Crippen molar-refractivity contribution in [2.75, 3.05) is 37.3 Å². The lowest BCUT2D eigenvalue weighted by Crippen LogP contribution is -2.33. The largest absolute Gasteiger partial charge is 0.462 e. The third-order valence-corrected chi connectivity index (χ3v) is 3.56. The monoisotopic (exact) mass is 292 g/mol. The van der Waals surface area contributed by atoms with E-state index in [9.17, 15) is 4.79 Å². The highest BCUT2D eigenvalue weighted by molar-refractivity contribution is 5.95. The SMILES string of the molecule is CCOC(=O)c1cc(NC(C)CN2CCCC2)ncc1N. The molecule has 0 aromatic carbocycles. The summed E-state index contributed by atoms with van der Waals surface area (Å²) < 4.78 is 4.99. The predicted octanol–water partition coefficient (Wildman–Crippen LogP) is 1.74. The molecule has 1 fully saturated rings. The van der Waals surface area contributed by atoms with Crippen LogP contribution in [0.3, 0.4) is 0 Å². The quantitative estimate of drug-likeness (QED) is 0.777. The van der Waals surface area contributed by atoms with E-state index < -0.39 is 5.97 Å². The summed E-state index contributed by atoms with van der Waals surface area (Å²) in [5.41, 5.74) is 6.49. The maximum absolute atomic E-state index is 11.8. The van der Waals surface area contributed by atoms with Gasteiger partial charge < -0.3 is 20.7 Å². The average Bonchev–Trinajstić information content (AvgIpc) is 2.94. The number of ether oxygens (including phenoxy) is 1. The zero-order valence-electron chi connectivity index (χ0n) is 12.8. The molecule has 1 atom stereocenters. The molecule has 116 valence electrons. The highest BCUT2D eigenvalue weighted by Crippen LogP contribution is 2.17. The second-order valence-electron chi connectivity index (χ2n) is 5.43. The fraction of sp³-hybridized carbons (Fsp3) is 0.600. The minimum atomic E-state index is -0.410. The van der Waals surface area contributed by atoms with E-state index in [0.29, 0.717) is 23.7 Å². The lowest BCUT2D eigenvalue weighted by Gasteiger charge is -2.21. The summed E-state index contributed by atoms with van der Waals surface area (Å²) in [5.74, 6) is 0.242. The molecule has 3 N–H and O–H groups in total. The molecule has 1 unspecified atom stereocenters. The van der Waals surface area contributed by atoms with Gasteiger partial charge in [-0.05, 0) is 45.8 Å². The molecule has 6 heteroatoms. The molecule has 2 heterocycles. The maximum Gasteiger partial charge on any atom is 0.340 e. The zero-order chi connectivity index (χ0) is 15.2. The maximum atomic E-state index is 11.8. The topological polar surface area (TPSA) is 80.5 Å². The van der Waals surface area contributed by atoms with Gasteiger partial charge in [-0.3, -0.25) is 0 Å². The molecule has 2 rings (SSSR count). The molecule has 0 bridgehead atoms. The van der Waals surface area contributed by atoms with Gasteiger partial charge in [0.05, 0.1) is 24.1 Å². The van der Waals surface area contributed by atoms with Crippen LogP contribution < -0.4 is 11.1 Å². The number of esters is 1. The van der Waals surface area contributed by atoms with Gasteiger partial charge in [-0.15, -0.1) is 0 Å². The third-order valence-electron chi connectivity index (χ3n) is 3.56. The molecule has 21 heavy (non-hydrogen) atoms. The molecule has 0 aliphatic carbocycles. The Morgan fingerprint density at radius 1 is 1.52 bits per heavy atom. The minimum Gasteiger partial charge on any atom is -0.462 e. The number of likely N-dealkylation sites (tertiary alicyclic amines) is 1. The molecule has 0 amide bonds. The molecule has 1 aromatic heterocycles. The van der Waals surface area contributed by atoms with Crippen molar-refractivity contribution in [3.05, 3.63) is 17.8 Å². The summed E-state index contributed by atoms with van der Waals surface area (Å²) >= 11 is 0. The molecule has 1 aliphatic rings. The van der Waals surface area contributed by atoms with Crippen molar-refractivity contribution >= 4 is 17.5 Å². The van der Waals surface area contributed by atoms with Crippen molar-refractivity contribution in [1.82, 2.24) is 9.88 Å². The van der Waals surface area contributed by atoms with Gasteiger partial charge in [-0.1, -0.05) is 0 Å². The van der Waals surface area contributed by atoms with Gasteiger partial charge in [-0.2, -0.15) is 0 Å². The Labute approximate surface area is 125 Å². The number of carbonyl (C=O) groups excluding carboxylic acids is 1. The van der Waals surface area contributed by atoms with Crippen molar-refractivity contribution in [3.63, 3.8) is 0 Å². The molecule has 6 nitrogen and oxygen atoms in total. The third kappa shape index (κ3) is 4.32. The Morgan fingerprint density at radius 2 is 2.24 bits per heavy atom. The van der Waals surface area contributed by atoms with Gasteiger partial charge in [-0.25, -0.2) is 9.78 Å². The van der Waals surface area contributed by atoms with Gasteiger partial charge in [0.15, 0.2) is 0 Å². The van der Waals surface area contributed by atoms with E-state index in [2.05, 4.69) is 22.1 Å². The van der Waals surface area contributed by atoms with E-state index in [0.717, 1.165) is 19.6 Å². The number of rotatable bonds is 6. The smallest absolute Gasteiger partial charge is 0.340 e. The van der Waals surface area contributed by atoms with Crippen molar-refractivity contribution in [2.24, 2.45) is 0 Å². The molecule has 0 saturated carbocycles. The van der Waals surface area contributed by atoms with E-state index in [1.807, 2.05) is 0 Å². The van der Waals surface area contributed by atoms with Gasteiger partial charge in [0.2, 0.25) is 0 Å². The number of nitrogens with zero attached hydrogens (tertiary/aromatic N) is 2. The van der Waals surface area contributed by atoms with Crippen LogP contribution >= 0.6 is 0 Å². The van der Waals surface area contributed by atoms with Crippen LogP contribution in [-0.4, -0.2) is 48.1 Å². The fourth-order valence-corrected chi connectivity index (χ4v) is 2.58. The number of hydrogen-bond donors (Lipinski definition) is 2. The standard InChI is InChI=1S/C15H24N4O2/c1-3-21-15(20)12-8-14(17-9-13(12)16)18-11(2)10-19-6-4-5-7-19/h8-9,11H,3-7,10,16H2,1-2H3,(H,17,18). The highest BCUT2D eigenvalue weighted by Gasteiger charge is 2.16. The summed E-state index contributed by atoms with van der Waals surface area (Å²) in [4.78, 5) is 18.5. The number of hydrogen-bond acceptors (Lipinski definition) is 6. The summed E-state index contributed by atoms with van der Waals surface area (Å²) in [7, 11) is 0. The highest BCUT2D eigenvalue weighted by atomic mass is 16.5. The van der Waals surface area contributed by atoms with Crippen LogP contribution in [0.2, 0.25) is 0 Å². The fourth-order valence-electron chi connectivity index (χ4n) is 2.58. The first-order valence-electron chi connectivity index (χ1n) is 7.51. The Hall–Kier alpha value is -1.82. The first-order chi connectivity index (χ1) is 10.1. The van der Waals surface area contributed by atoms with Crippen molar-refractivity contribution in [2.45, 2.75) is 32.7 Å². The lowest BCUT2D eigenvalue weighted by atomic mass is 10.2. The van der Waals surface area contributed by atoms with Crippen LogP contribution in [-0.2, 0) is 4.74 Å². The number of nitrogen functional groups attached to an aromatic ring is 1. The van der Waals surface area contributed by atoms with Crippen LogP contribution in [0.1, 0.15) is 37.0 Å². The number of anilines is 2. The molecule has 1 aromatic rings. The first-order valence-corrected chi connectivity index (χ1v) is 7.51. The minimum absolute atomic E-state index is 0.259. The van der Waals surface area contributed by atoms with E-state index in [1.54, 1.807) is 13.0 Å². The summed E-state index contributed by atoms with van der Waals surface area (Å²) in [6.07, 6.45) is 4.05. The summed E-state index contributed by atoms with van der Waals surface area (Å²) in [6, 6.07) is 1.92. The summed E-state index contributed by atoms with van der Waals surface area (Å²) in [6.45, 7) is 7.51. The Kier molecular flexibility index (Phi) is 5.38. The molecular weight excluding hydrogens is 268 g/mol. The van der Waals surface area contributed by atoms with E-state index in [1.165, 1.54) is 19.0 Å². The predicted molar refractivity (Wildman–Crippen MR) is 83.4 cm³/mol. The number of carbonyl (C=O) groups is 1. The van der Waals surface area contributed by atoms with E-state index in [-0.39, 0.29) is 6.04 Å². The molecule has 0 radical (unpaired) electrons. The zero-order valence-corrected chi connectivity index (χ0v) is 12.8. The van der Waals surface area contributed by atoms with Crippen LogP contribution in [0.4, 0.5) is 11.5 Å². The number of pyridine rings is 1. The molecule has 0 spiro atoms. The van der Waals surface area contributed by atoms with E-state index in [4.69, 9.17) is 10.5 Å². The van der Waals surface area contributed by atoms with Crippen LogP contribution in [0, 0.1) is 0 Å². The van der Waals surface area contributed by atoms with Crippen molar-refractivity contribution in [1.29, 1.82) is 0 Å². The van der Waals surface area contributed by atoms with E-state index >= 15 is 0 Å². The number of aromatic nitrogens is 1. The van der Waals surface area contributed by atoms with Gasteiger partial charge in [0.1, 0.15) is 5.82 Å². The van der Waals surface area contributed by atoms with Crippen molar-refractivity contribution < 1.29 is 9.53 Å². The Balaban J connectivity index is 1.99. The van der Waals surface area contributed by atoms with Gasteiger partial charge in [0.25, 0.3) is 0 Å². The summed E-state index contributed by atoms with van der Waals surface area (Å²) in [5, 5.41) is 3.32. The second-order valence-corrected chi connectivity index (χ2v) is 5.43. The number of nitrogens with one attached hydrogen (secondary N) is 1. The van der Waals surface area contributed by atoms with Crippen LogP contribution in [0.25, 0.3) is 0 Å². The molecule has 1 saturated heterocycles. The molecule has 1 aliphatic heterocycles. The Morgan fingerprint density at radius 3 is 2.90 bits per heavy atom. The lowest BCUT2D eigenvalue weighted by molar-refractivity contribution is 0.0527. The average molecular weight is 292 g/mol. The van der Waals surface area contributed by atoms with Crippen molar-refractivity contribution in [3.8, 4) is 0 Å². The first kappa shape index (κ1) is 15.6. The van der Waals surface area contributed by atoms with Crippen LogP contribution in [0.5, 0.6) is 0 Å². The normalized spacial score (nSPS) is 16.7.